The van der Waals surface area contributed by atoms with Gasteiger partial charge in [-0.2, -0.15) is 0 Å². The van der Waals surface area contributed by atoms with E-state index >= 15 is 0 Å². The minimum atomic E-state index is -0.811. The number of carbonyl (C=O) groups is 1. The van der Waals surface area contributed by atoms with Gasteiger partial charge in [0.25, 0.3) is 0 Å². The normalized spacial score (nSPS) is 25.6. The molecule has 0 radical (unpaired) electrons. The van der Waals surface area contributed by atoms with Gasteiger partial charge in [0.15, 0.2) is 0 Å². The van der Waals surface area contributed by atoms with Crippen molar-refractivity contribution in [3.05, 3.63) is 0 Å². The summed E-state index contributed by atoms with van der Waals surface area (Å²) < 4.78 is 5.01. The number of hydrogen-bond acceptors (Lipinski definition) is 4. The number of amides is 1. The van der Waals surface area contributed by atoms with Crippen molar-refractivity contribution in [2.24, 2.45) is 0 Å². The van der Waals surface area contributed by atoms with Crippen molar-refractivity contribution in [2.75, 3.05) is 45.9 Å². The van der Waals surface area contributed by atoms with E-state index in [9.17, 15) is 4.79 Å². The van der Waals surface area contributed by atoms with Crippen LogP contribution in [0.25, 0.3) is 0 Å². The second-order valence-electron chi connectivity index (χ2n) is 3.89. The molecular formula is C10H21N3O3. The van der Waals surface area contributed by atoms with Gasteiger partial charge in [-0.05, 0) is 6.92 Å². The van der Waals surface area contributed by atoms with E-state index in [0.717, 1.165) is 39.4 Å². The molecule has 2 saturated heterocycles. The molecule has 0 aromatic rings. The molecule has 0 spiro atoms. The number of carboxylic acid groups (broad SMARTS) is 1. The summed E-state index contributed by atoms with van der Waals surface area (Å²) in [5.74, 6) is 0. The fourth-order valence-corrected chi connectivity index (χ4v) is 1.64. The quantitative estimate of drug-likeness (QED) is 0.527. The molecule has 1 unspecified atom stereocenters. The fraction of sp³-hybridized carbons (Fsp3) is 0.900. The lowest BCUT2D eigenvalue weighted by Gasteiger charge is -2.31. The Morgan fingerprint density at radius 3 is 2.31 bits per heavy atom. The molecule has 1 amide bonds. The number of nitrogens with one attached hydrogen (secondary N) is 2. The summed E-state index contributed by atoms with van der Waals surface area (Å²) >= 11 is 0. The van der Waals surface area contributed by atoms with E-state index in [4.69, 9.17) is 9.84 Å². The van der Waals surface area contributed by atoms with Crippen LogP contribution in [-0.2, 0) is 4.74 Å². The molecule has 0 saturated carbocycles. The number of piperazine rings is 1. The van der Waals surface area contributed by atoms with Crippen LogP contribution in [0.4, 0.5) is 4.79 Å². The molecule has 94 valence electrons. The smallest absolute Gasteiger partial charge is 0.407 e. The summed E-state index contributed by atoms with van der Waals surface area (Å²) in [7, 11) is 0. The number of morpholine rings is 1. The van der Waals surface area contributed by atoms with Crippen LogP contribution in [-0.4, -0.2) is 68.1 Å². The fourth-order valence-electron chi connectivity index (χ4n) is 1.64. The Bertz CT molecular complexity index is 198. The minimum absolute atomic E-state index is 0.117. The summed E-state index contributed by atoms with van der Waals surface area (Å²) in [4.78, 5) is 11.9. The van der Waals surface area contributed by atoms with Gasteiger partial charge in [0.2, 0.25) is 0 Å². The molecule has 3 N–H and O–H groups in total. The monoisotopic (exact) mass is 231 g/mol. The summed E-state index contributed by atoms with van der Waals surface area (Å²) in [5, 5.41) is 14.9. The van der Waals surface area contributed by atoms with Crippen LogP contribution in [0.2, 0.25) is 0 Å². The third-order valence-corrected chi connectivity index (χ3v) is 2.59. The second kappa shape index (κ2) is 7.43. The second-order valence-corrected chi connectivity index (χ2v) is 3.89. The van der Waals surface area contributed by atoms with Crippen LogP contribution in [0.3, 0.4) is 0 Å². The Morgan fingerprint density at radius 1 is 1.31 bits per heavy atom. The predicted molar refractivity (Wildman–Crippen MR) is 60.8 cm³/mol. The van der Waals surface area contributed by atoms with Gasteiger partial charge in [-0.3, -0.25) is 0 Å². The van der Waals surface area contributed by atoms with Crippen LogP contribution >= 0.6 is 0 Å². The van der Waals surface area contributed by atoms with Gasteiger partial charge >= 0.3 is 6.09 Å². The van der Waals surface area contributed by atoms with E-state index in [0.29, 0.717) is 6.54 Å². The first kappa shape index (κ1) is 13.2. The Balaban J connectivity index is 0.000000181. The highest BCUT2D eigenvalue weighted by atomic mass is 16.5. The molecule has 6 nitrogen and oxygen atoms in total. The van der Waals surface area contributed by atoms with E-state index < -0.39 is 6.09 Å². The molecule has 2 rings (SSSR count). The Morgan fingerprint density at radius 2 is 2.00 bits per heavy atom. The van der Waals surface area contributed by atoms with Crippen molar-refractivity contribution in [1.82, 2.24) is 15.5 Å². The van der Waals surface area contributed by atoms with Gasteiger partial charge in [0.05, 0.1) is 13.2 Å². The summed E-state index contributed by atoms with van der Waals surface area (Å²) in [5.41, 5.74) is 0. The molecule has 0 aromatic heterocycles. The zero-order valence-electron chi connectivity index (χ0n) is 9.74. The van der Waals surface area contributed by atoms with Crippen molar-refractivity contribution in [3.8, 4) is 0 Å². The van der Waals surface area contributed by atoms with Crippen molar-refractivity contribution >= 4 is 6.09 Å². The van der Waals surface area contributed by atoms with Crippen LogP contribution < -0.4 is 10.6 Å². The highest BCUT2D eigenvalue weighted by Gasteiger charge is 2.21. The minimum Gasteiger partial charge on any atom is -0.465 e. The maximum Gasteiger partial charge on any atom is 0.407 e. The SMILES string of the molecule is C1COCCN1.CC1CNCCN1C(=O)O. The van der Waals surface area contributed by atoms with Crippen molar-refractivity contribution in [2.45, 2.75) is 13.0 Å². The standard InChI is InChI=1S/C6H12N2O2.C4H9NO/c1-5-4-7-2-3-8(5)6(9)10;1-3-6-4-2-5-1/h5,7H,2-4H2,1H3,(H,9,10);5H,1-4H2. The van der Waals surface area contributed by atoms with Gasteiger partial charge in [-0.1, -0.05) is 0 Å². The van der Waals surface area contributed by atoms with Gasteiger partial charge < -0.3 is 25.4 Å². The van der Waals surface area contributed by atoms with Crippen LogP contribution in [0.1, 0.15) is 6.92 Å². The third-order valence-electron chi connectivity index (χ3n) is 2.59. The topological polar surface area (TPSA) is 73.8 Å². The van der Waals surface area contributed by atoms with Gasteiger partial charge in [-0.25, -0.2) is 4.79 Å². The van der Waals surface area contributed by atoms with Gasteiger partial charge in [0.1, 0.15) is 0 Å². The Labute approximate surface area is 95.9 Å². The van der Waals surface area contributed by atoms with Crippen molar-refractivity contribution < 1.29 is 14.6 Å². The molecule has 6 heteroatoms. The molecule has 16 heavy (non-hydrogen) atoms. The van der Waals surface area contributed by atoms with Crippen LogP contribution in [0.5, 0.6) is 0 Å². The Kier molecular flexibility index (Phi) is 6.14. The zero-order valence-corrected chi connectivity index (χ0v) is 9.74. The molecular weight excluding hydrogens is 210 g/mol. The molecule has 0 bridgehead atoms. The zero-order chi connectivity index (χ0) is 11.8. The first-order chi connectivity index (χ1) is 7.72. The number of ether oxygens (including phenoxy) is 1. The van der Waals surface area contributed by atoms with Crippen LogP contribution in [0, 0.1) is 0 Å². The lowest BCUT2D eigenvalue weighted by Crippen LogP contribution is -2.51. The molecule has 2 fully saturated rings. The van der Waals surface area contributed by atoms with E-state index in [2.05, 4.69) is 10.6 Å². The summed E-state index contributed by atoms with van der Waals surface area (Å²) in [6.07, 6.45) is -0.811. The molecule has 2 heterocycles. The third kappa shape index (κ3) is 4.78. The van der Waals surface area contributed by atoms with E-state index in [1.807, 2.05) is 6.92 Å². The first-order valence-corrected chi connectivity index (χ1v) is 5.70. The summed E-state index contributed by atoms with van der Waals surface area (Å²) in [6.45, 7) is 7.89. The average Bonchev–Trinajstić information content (AvgIpc) is 2.32. The molecule has 2 aliphatic rings. The molecule has 0 aliphatic carbocycles. The number of nitrogens with zero attached hydrogens (tertiary/aromatic N) is 1. The molecule has 2 aliphatic heterocycles. The molecule has 0 aromatic carbocycles. The Hall–Kier alpha value is -0.850. The van der Waals surface area contributed by atoms with Crippen LogP contribution in [0.15, 0.2) is 0 Å². The van der Waals surface area contributed by atoms with E-state index in [-0.39, 0.29) is 6.04 Å². The van der Waals surface area contributed by atoms with Gasteiger partial charge in [-0.15, -0.1) is 0 Å². The largest absolute Gasteiger partial charge is 0.465 e. The summed E-state index contributed by atoms with van der Waals surface area (Å²) in [6, 6.07) is 0.117. The first-order valence-electron chi connectivity index (χ1n) is 5.70. The lowest BCUT2D eigenvalue weighted by molar-refractivity contribution is 0.109. The highest BCUT2D eigenvalue weighted by molar-refractivity contribution is 5.65. The predicted octanol–water partition coefficient (Wildman–Crippen LogP) is -0.436. The van der Waals surface area contributed by atoms with E-state index in [1.165, 1.54) is 4.90 Å². The number of rotatable bonds is 0. The van der Waals surface area contributed by atoms with Crippen molar-refractivity contribution in [1.29, 1.82) is 0 Å². The van der Waals surface area contributed by atoms with Crippen molar-refractivity contribution in [3.63, 3.8) is 0 Å². The van der Waals surface area contributed by atoms with Gasteiger partial charge in [0, 0.05) is 38.8 Å². The lowest BCUT2D eigenvalue weighted by atomic mass is 10.2. The van der Waals surface area contributed by atoms with E-state index in [1.54, 1.807) is 0 Å². The maximum absolute atomic E-state index is 10.5. The average molecular weight is 231 g/mol. The maximum atomic E-state index is 10.5. The molecule has 1 atom stereocenters. The highest BCUT2D eigenvalue weighted by Crippen LogP contribution is 2.01. The number of hydrogen-bond donors (Lipinski definition) is 3.